The number of rotatable bonds is 17. The van der Waals surface area contributed by atoms with Gasteiger partial charge < -0.3 is 31.5 Å². The minimum atomic E-state index is -4.82. The number of hydrogen-bond acceptors (Lipinski definition) is 8. The first-order valence-electron chi connectivity index (χ1n) is 18.7. The smallest absolute Gasteiger partial charge is 0.404 e. The molecule has 5 rings (SSSR count). The summed E-state index contributed by atoms with van der Waals surface area (Å²) in [6, 6.07) is 31.4. The van der Waals surface area contributed by atoms with E-state index in [2.05, 4.69) is 25.8 Å². The third-order valence-corrected chi connectivity index (χ3v) is 9.58. The van der Waals surface area contributed by atoms with Gasteiger partial charge in [0.2, 0.25) is 17.7 Å². The van der Waals surface area contributed by atoms with E-state index in [1.54, 1.807) is 30.3 Å². The average Bonchev–Trinajstić information content (AvgIpc) is 3.22. The molecule has 0 unspecified atom stereocenters. The number of anilines is 1. The first kappa shape index (κ1) is 44.0. The number of phosphoric ester groups is 1. The highest BCUT2D eigenvalue weighted by molar-refractivity contribution is 7.46. The quantitative estimate of drug-likeness (QED) is 0.0601. The van der Waals surface area contributed by atoms with Crippen molar-refractivity contribution < 1.29 is 42.8 Å². The summed E-state index contributed by atoms with van der Waals surface area (Å²) in [6.45, 7) is 4.00. The van der Waals surface area contributed by atoms with Crippen LogP contribution in [0, 0.1) is 17.2 Å². The van der Waals surface area contributed by atoms with Crippen LogP contribution in [0.5, 0.6) is 5.75 Å². The predicted molar refractivity (Wildman–Crippen MR) is 223 cm³/mol. The molecule has 0 aromatic heterocycles. The molecule has 16 heteroatoms. The Morgan fingerprint density at radius 3 is 2.00 bits per heavy atom. The number of carbonyl (C=O) groups excluding carboxylic acids is 5. The predicted octanol–water partition coefficient (Wildman–Crippen LogP) is 5.24. The Balaban J connectivity index is 1.40. The number of amides is 5. The molecule has 15 nitrogen and oxygen atoms in total. The van der Waals surface area contributed by atoms with Gasteiger partial charge in [-0.2, -0.15) is 5.26 Å². The Bertz CT molecular complexity index is 2430. The second-order valence-corrected chi connectivity index (χ2v) is 15.4. The van der Waals surface area contributed by atoms with Gasteiger partial charge in [-0.05, 0) is 101 Å². The summed E-state index contributed by atoms with van der Waals surface area (Å²) in [7, 11) is -4.82. The Labute approximate surface area is 346 Å². The van der Waals surface area contributed by atoms with Crippen molar-refractivity contribution >= 4 is 43.0 Å². The summed E-state index contributed by atoms with van der Waals surface area (Å²) in [6.07, 6.45) is 0.107. The van der Waals surface area contributed by atoms with Gasteiger partial charge in [-0.15, -0.1) is 0 Å². The summed E-state index contributed by atoms with van der Waals surface area (Å²) in [5.41, 5.74) is 9.21. The molecule has 0 heterocycles. The lowest BCUT2D eigenvalue weighted by Crippen LogP contribution is -2.53. The number of hydrogen-bond donors (Lipinski definition) is 7. The molecular formula is C44H43N6O9P. The fourth-order valence-corrected chi connectivity index (χ4v) is 6.55. The van der Waals surface area contributed by atoms with E-state index in [0.717, 1.165) is 5.56 Å². The summed E-state index contributed by atoms with van der Waals surface area (Å²) >= 11 is 0. The van der Waals surface area contributed by atoms with Crippen LogP contribution < -0.4 is 31.5 Å². The van der Waals surface area contributed by atoms with Crippen LogP contribution in [0.1, 0.15) is 68.0 Å². The van der Waals surface area contributed by atoms with Gasteiger partial charge in [-0.1, -0.05) is 68.4 Å². The molecule has 60 heavy (non-hydrogen) atoms. The number of nitrogens with two attached hydrogens (primary N) is 1. The van der Waals surface area contributed by atoms with Gasteiger partial charge in [0.15, 0.2) is 0 Å². The molecule has 5 amide bonds. The molecule has 0 bridgehead atoms. The monoisotopic (exact) mass is 830 g/mol. The van der Waals surface area contributed by atoms with Crippen molar-refractivity contribution in [3.05, 3.63) is 155 Å². The van der Waals surface area contributed by atoms with E-state index < -0.39 is 43.5 Å². The second-order valence-electron chi connectivity index (χ2n) is 14.2. The fourth-order valence-electron chi connectivity index (χ4n) is 6.16. The van der Waals surface area contributed by atoms with Crippen LogP contribution in [0.15, 0.2) is 121 Å². The molecular weight excluding hydrogens is 787 g/mol. The molecule has 0 radical (unpaired) electrons. The molecule has 8 N–H and O–H groups in total. The highest BCUT2D eigenvalue weighted by Gasteiger charge is 2.29. The fraction of sp³-hybridized carbons (Fsp3) is 0.182. The normalized spacial score (nSPS) is 12.0. The number of carbonyl (C=O) groups is 5. The maximum atomic E-state index is 14.1. The molecule has 5 aromatic carbocycles. The van der Waals surface area contributed by atoms with E-state index in [1.165, 1.54) is 60.7 Å². The van der Waals surface area contributed by atoms with Gasteiger partial charge >= 0.3 is 7.82 Å². The van der Waals surface area contributed by atoms with Crippen LogP contribution in [0.4, 0.5) is 5.69 Å². The maximum Gasteiger partial charge on any atom is 0.524 e. The van der Waals surface area contributed by atoms with Crippen molar-refractivity contribution in [1.82, 2.24) is 16.0 Å². The minimum absolute atomic E-state index is 0.0793. The molecule has 308 valence electrons. The molecule has 0 aliphatic heterocycles. The van der Waals surface area contributed by atoms with E-state index >= 15 is 0 Å². The van der Waals surface area contributed by atoms with E-state index in [1.807, 2.05) is 50.2 Å². The Hall–Kier alpha value is -7.11. The largest absolute Gasteiger partial charge is 0.524 e. The molecule has 5 aromatic rings. The lowest BCUT2D eigenvalue weighted by atomic mass is 9.96. The molecule has 0 aliphatic rings. The highest BCUT2D eigenvalue weighted by atomic mass is 31.2. The van der Waals surface area contributed by atoms with Crippen molar-refractivity contribution in [3.8, 4) is 22.9 Å². The van der Waals surface area contributed by atoms with Gasteiger partial charge in [0, 0.05) is 35.3 Å². The SMILES string of the molecule is CC(C)C[C@H](NC(=O)[C@H](Cc1ccc(OP(=O)(O)O)cc1)NC(=O)c1ccc(C#N)cc1)C(=O)Nc1ccc(C(=O)NCc2ccccc2)c(-c2ccc(C(N)=O)cc2)c1. The first-order chi connectivity index (χ1) is 28.6. The molecule has 0 saturated heterocycles. The van der Waals surface area contributed by atoms with Gasteiger partial charge in [-0.3, -0.25) is 33.8 Å². The zero-order valence-electron chi connectivity index (χ0n) is 32.6. The number of nitriles is 1. The molecule has 0 fully saturated rings. The summed E-state index contributed by atoms with van der Waals surface area (Å²) in [4.78, 5) is 85.1. The van der Waals surface area contributed by atoms with Gasteiger partial charge in [0.25, 0.3) is 11.8 Å². The Kier molecular flexibility index (Phi) is 14.7. The summed E-state index contributed by atoms with van der Waals surface area (Å²) in [5.74, 6) is -3.11. The molecule has 0 aliphatic carbocycles. The minimum Gasteiger partial charge on any atom is -0.404 e. The third kappa shape index (κ3) is 12.7. The first-order valence-corrected chi connectivity index (χ1v) is 20.2. The van der Waals surface area contributed by atoms with E-state index in [0.29, 0.717) is 33.5 Å². The number of nitrogens with zero attached hydrogens (tertiary/aromatic N) is 1. The van der Waals surface area contributed by atoms with Gasteiger partial charge in [0.05, 0.1) is 11.6 Å². The second kappa shape index (κ2) is 20.0. The van der Waals surface area contributed by atoms with E-state index in [9.17, 15) is 43.6 Å². The zero-order valence-corrected chi connectivity index (χ0v) is 33.5. The van der Waals surface area contributed by atoms with Gasteiger partial charge in [-0.25, -0.2) is 4.57 Å². The third-order valence-electron chi connectivity index (χ3n) is 9.13. The highest BCUT2D eigenvalue weighted by Crippen LogP contribution is 2.37. The standard InChI is InChI=1S/C44H43N6O9P/c1-27(2)22-38(50-44(55)39(49-41(52)33-12-8-29(25-45)9-13-33)23-28-10-19-35(20-11-28)59-60(56,57)58)43(54)48-34-18-21-36(42(53)47-26-30-6-4-3-5-7-30)37(24-34)31-14-16-32(17-15-31)40(46)51/h3-21,24,27,38-39H,22-23,26H2,1-2H3,(H2,46,51)(H,47,53)(H,48,54)(H,49,52)(H,50,55)(H2,56,57,58)/t38-,39-/m0/s1. The number of phosphoric acid groups is 1. The van der Waals surface area contributed by atoms with Crippen molar-refractivity contribution in [2.75, 3.05) is 5.32 Å². The van der Waals surface area contributed by atoms with Gasteiger partial charge in [0.1, 0.15) is 17.8 Å². The zero-order chi connectivity index (χ0) is 43.4. The van der Waals surface area contributed by atoms with E-state index in [-0.39, 0.29) is 48.1 Å². The summed E-state index contributed by atoms with van der Waals surface area (Å²) < 4.78 is 15.9. The van der Waals surface area contributed by atoms with Crippen LogP contribution in [0.2, 0.25) is 0 Å². The van der Waals surface area contributed by atoms with Crippen LogP contribution in [-0.4, -0.2) is 51.4 Å². The van der Waals surface area contributed by atoms with Crippen LogP contribution in [0.25, 0.3) is 11.1 Å². The number of nitrogens with one attached hydrogen (secondary N) is 4. The Morgan fingerprint density at radius 1 is 0.750 bits per heavy atom. The van der Waals surface area contributed by atoms with Crippen molar-refractivity contribution in [1.29, 1.82) is 5.26 Å². The summed E-state index contributed by atoms with van der Waals surface area (Å²) in [5, 5.41) is 20.4. The van der Waals surface area contributed by atoms with Crippen molar-refractivity contribution in [2.24, 2.45) is 11.7 Å². The van der Waals surface area contributed by atoms with Crippen LogP contribution in [0.3, 0.4) is 0 Å². The van der Waals surface area contributed by atoms with Crippen LogP contribution >= 0.6 is 7.82 Å². The van der Waals surface area contributed by atoms with Crippen LogP contribution in [-0.2, 0) is 27.1 Å². The van der Waals surface area contributed by atoms with Crippen molar-refractivity contribution in [2.45, 2.75) is 45.3 Å². The molecule has 2 atom stereocenters. The number of primary amides is 1. The maximum absolute atomic E-state index is 14.1. The Morgan fingerprint density at radius 2 is 1.40 bits per heavy atom. The van der Waals surface area contributed by atoms with E-state index in [4.69, 9.17) is 5.73 Å². The lowest BCUT2D eigenvalue weighted by molar-refractivity contribution is -0.128. The topological polar surface area (TPSA) is 250 Å². The molecule has 0 spiro atoms. The van der Waals surface area contributed by atoms with Crippen molar-refractivity contribution in [3.63, 3.8) is 0 Å². The molecule has 0 saturated carbocycles. The average molecular weight is 831 g/mol. The number of benzene rings is 5. The lowest BCUT2D eigenvalue weighted by Gasteiger charge is -2.25.